The van der Waals surface area contributed by atoms with Crippen LogP contribution < -0.4 is 4.74 Å². The summed E-state index contributed by atoms with van der Waals surface area (Å²) in [5.74, 6) is 0.312. The highest BCUT2D eigenvalue weighted by Gasteiger charge is 2.31. The van der Waals surface area contributed by atoms with Gasteiger partial charge in [-0.1, -0.05) is 45.9 Å². The molecule has 0 saturated heterocycles. The van der Waals surface area contributed by atoms with Crippen LogP contribution in [0.4, 0.5) is 0 Å². The number of benzene rings is 1. The lowest BCUT2D eigenvalue weighted by Crippen LogP contribution is -2.36. The van der Waals surface area contributed by atoms with Crippen LogP contribution >= 0.6 is 0 Å². The van der Waals surface area contributed by atoms with E-state index in [-0.39, 0.29) is 18.0 Å². The van der Waals surface area contributed by atoms with Gasteiger partial charge in [0.15, 0.2) is 6.61 Å². The molecule has 0 amide bonds. The van der Waals surface area contributed by atoms with E-state index in [0.29, 0.717) is 5.75 Å². The van der Waals surface area contributed by atoms with Gasteiger partial charge in [-0.3, -0.25) is 0 Å². The number of carbonyl (C=O) groups excluding carboxylic acids is 1. The van der Waals surface area contributed by atoms with Crippen LogP contribution in [0.1, 0.15) is 47.1 Å². The Balaban J connectivity index is 0. The molecule has 0 atom stereocenters. The van der Waals surface area contributed by atoms with Gasteiger partial charge in [0, 0.05) is 5.41 Å². The first-order valence-electron chi connectivity index (χ1n) is 8.15. The van der Waals surface area contributed by atoms with Gasteiger partial charge >= 0.3 is 5.97 Å². The summed E-state index contributed by atoms with van der Waals surface area (Å²) >= 11 is 0. The molecule has 0 aliphatic rings. The third kappa shape index (κ3) is 10.1. The maximum atomic E-state index is 10.7. The first-order chi connectivity index (χ1) is 11.0. The third-order valence-electron chi connectivity index (χ3n) is 3.66. The van der Waals surface area contributed by atoms with Crippen molar-refractivity contribution < 1.29 is 19.4 Å². The van der Waals surface area contributed by atoms with Crippen LogP contribution in [0.15, 0.2) is 36.9 Å². The van der Waals surface area contributed by atoms with E-state index >= 15 is 0 Å². The minimum atomic E-state index is -0.672. The van der Waals surface area contributed by atoms with Crippen molar-refractivity contribution in [2.45, 2.75) is 54.1 Å². The standard InChI is InChI=1S/C10H12O3.C8H16O.C2H6/c1-8-4-3-5-9(6-8)13-7-10(11)12-2;1-6-7(2,3)8(4,5)9;1-2/h3-6H,7H2,1-2H3;6,9H,1H2,2-5H3;1-2H3. The number of rotatable bonds is 5. The summed E-state index contributed by atoms with van der Waals surface area (Å²) in [5.41, 5.74) is 0.226. The molecular formula is C20H34O4. The number of esters is 1. The average Bonchev–Trinajstić information content (AvgIpc) is 2.54. The SMILES string of the molecule is C=CC(C)(C)C(C)(C)O.CC.COC(=O)COc1cccc(C)c1. The number of hydrogen-bond acceptors (Lipinski definition) is 4. The fourth-order valence-corrected chi connectivity index (χ4v) is 1.16. The zero-order valence-corrected chi connectivity index (χ0v) is 16.5. The van der Waals surface area contributed by atoms with Gasteiger partial charge in [0.2, 0.25) is 0 Å². The van der Waals surface area contributed by atoms with Crippen LogP contribution in [-0.2, 0) is 9.53 Å². The minimum Gasteiger partial charge on any atom is -0.482 e. The van der Waals surface area contributed by atoms with E-state index in [9.17, 15) is 9.90 Å². The van der Waals surface area contributed by atoms with Crippen LogP contribution in [0.5, 0.6) is 5.75 Å². The summed E-state index contributed by atoms with van der Waals surface area (Å²) in [7, 11) is 1.34. The second-order valence-corrected chi connectivity index (χ2v) is 6.17. The van der Waals surface area contributed by atoms with Crippen molar-refractivity contribution in [3.63, 3.8) is 0 Å². The van der Waals surface area contributed by atoms with Gasteiger partial charge in [0.25, 0.3) is 0 Å². The molecule has 0 fully saturated rings. The molecule has 1 aromatic rings. The zero-order chi connectivity index (χ0) is 19.4. The Morgan fingerprint density at radius 3 is 2.12 bits per heavy atom. The summed E-state index contributed by atoms with van der Waals surface area (Å²) < 4.78 is 9.60. The summed E-state index contributed by atoms with van der Waals surface area (Å²) in [6, 6.07) is 7.51. The van der Waals surface area contributed by atoms with Gasteiger partial charge in [-0.15, -0.1) is 6.58 Å². The van der Waals surface area contributed by atoms with Crippen LogP contribution in [0.25, 0.3) is 0 Å². The van der Waals surface area contributed by atoms with E-state index in [2.05, 4.69) is 11.3 Å². The molecule has 1 rings (SSSR count). The van der Waals surface area contributed by atoms with Gasteiger partial charge in [0.05, 0.1) is 12.7 Å². The van der Waals surface area contributed by atoms with Gasteiger partial charge in [0.1, 0.15) is 5.75 Å². The van der Waals surface area contributed by atoms with Crippen molar-refractivity contribution in [1.82, 2.24) is 0 Å². The number of hydrogen-bond donors (Lipinski definition) is 1. The number of methoxy groups -OCH3 is 1. The van der Waals surface area contributed by atoms with Crippen molar-refractivity contribution in [3.05, 3.63) is 42.5 Å². The predicted molar refractivity (Wildman–Crippen MR) is 100 cm³/mol. The molecule has 4 heteroatoms. The maximum Gasteiger partial charge on any atom is 0.343 e. The van der Waals surface area contributed by atoms with E-state index < -0.39 is 5.60 Å². The summed E-state index contributed by atoms with van der Waals surface area (Å²) in [6.45, 7) is 17.0. The van der Waals surface area contributed by atoms with E-state index in [1.165, 1.54) is 7.11 Å². The van der Waals surface area contributed by atoms with Crippen molar-refractivity contribution in [2.75, 3.05) is 13.7 Å². The van der Waals surface area contributed by atoms with Crippen LogP contribution in [0.2, 0.25) is 0 Å². The molecule has 138 valence electrons. The van der Waals surface area contributed by atoms with Gasteiger partial charge in [-0.25, -0.2) is 4.79 Å². The van der Waals surface area contributed by atoms with E-state index in [0.717, 1.165) is 5.56 Å². The van der Waals surface area contributed by atoms with Crippen molar-refractivity contribution in [3.8, 4) is 5.75 Å². The zero-order valence-electron chi connectivity index (χ0n) is 16.5. The van der Waals surface area contributed by atoms with Gasteiger partial charge in [-0.2, -0.15) is 0 Å². The molecule has 4 nitrogen and oxygen atoms in total. The van der Waals surface area contributed by atoms with Crippen molar-refractivity contribution >= 4 is 5.97 Å². The predicted octanol–water partition coefficient (Wildman–Crippen LogP) is 4.54. The Kier molecular flexibility index (Phi) is 11.9. The fourth-order valence-electron chi connectivity index (χ4n) is 1.16. The largest absolute Gasteiger partial charge is 0.482 e. The Labute approximate surface area is 147 Å². The minimum absolute atomic E-state index is 0.0417. The molecule has 0 saturated carbocycles. The molecule has 0 aromatic heterocycles. The van der Waals surface area contributed by atoms with Crippen LogP contribution in [0.3, 0.4) is 0 Å². The summed E-state index contributed by atoms with van der Waals surface area (Å²) in [5, 5.41) is 9.47. The first-order valence-corrected chi connectivity index (χ1v) is 8.15. The second kappa shape index (κ2) is 11.7. The normalized spacial score (nSPS) is 10.4. The molecule has 0 aliphatic carbocycles. The van der Waals surface area contributed by atoms with E-state index in [1.54, 1.807) is 26.0 Å². The Morgan fingerprint density at radius 1 is 1.25 bits per heavy atom. The van der Waals surface area contributed by atoms with Crippen molar-refractivity contribution in [1.29, 1.82) is 0 Å². The molecule has 0 aliphatic heterocycles. The lowest BCUT2D eigenvalue weighted by molar-refractivity contribution is -0.142. The third-order valence-corrected chi connectivity index (χ3v) is 3.66. The lowest BCUT2D eigenvalue weighted by atomic mass is 9.78. The Hall–Kier alpha value is -1.81. The lowest BCUT2D eigenvalue weighted by Gasteiger charge is -2.34. The smallest absolute Gasteiger partial charge is 0.343 e. The molecule has 0 heterocycles. The molecular weight excluding hydrogens is 304 g/mol. The van der Waals surface area contributed by atoms with Gasteiger partial charge in [-0.05, 0) is 38.5 Å². The molecule has 0 radical (unpaired) electrons. The molecule has 0 bridgehead atoms. The summed E-state index contributed by atoms with van der Waals surface area (Å²) in [6.07, 6.45) is 1.77. The molecule has 24 heavy (non-hydrogen) atoms. The molecule has 0 unspecified atom stereocenters. The molecule has 1 N–H and O–H groups in total. The van der Waals surface area contributed by atoms with Crippen molar-refractivity contribution in [2.24, 2.45) is 5.41 Å². The van der Waals surface area contributed by atoms with Gasteiger partial charge < -0.3 is 14.6 Å². The topological polar surface area (TPSA) is 55.8 Å². The van der Waals surface area contributed by atoms with Crippen LogP contribution in [-0.4, -0.2) is 30.4 Å². The first kappa shape index (κ1) is 24.4. The number of aryl methyl sites for hydroxylation is 1. The van der Waals surface area contributed by atoms with E-state index in [4.69, 9.17) is 4.74 Å². The monoisotopic (exact) mass is 338 g/mol. The molecule has 0 spiro atoms. The molecule has 1 aromatic carbocycles. The number of aliphatic hydroxyl groups is 1. The highest BCUT2D eigenvalue weighted by Crippen LogP contribution is 2.30. The summed E-state index contributed by atoms with van der Waals surface area (Å²) in [4.78, 5) is 10.7. The van der Waals surface area contributed by atoms with E-state index in [1.807, 2.05) is 52.8 Å². The number of carbonyl (C=O) groups is 1. The maximum absolute atomic E-state index is 10.7. The fraction of sp³-hybridized carbons (Fsp3) is 0.550. The Bertz CT molecular complexity index is 485. The highest BCUT2D eigenvalue weighted by molar-refractivity contribution is 5.70. The van der Waals surface area contributed by atoms with Crippen LogP contribution in [0, 0.1) is 12.3 Å². The Morgan fingerprint density at radius 2 is 1.79 bits per heavy atom. The quantitative estimate of drug-likeness (QED) is 0.632. The second-order valence-electron chi connectivity index (χ2n) is 6.17. The highest BCUT2D eigenvalue weighted by atomic mass is 16.6. The number of ether oxygens (including phenoxy) is 2. The average molecular weight is 338 g/mol.